The molecule has 5 heteroatoms. The minimum Gasteiger partial charge on any atom is -0.450 e. The summed E-state index contributed by atoms with van der Waals surface area (Å²) < 4.78 is 4.47. The summed E-state index contributed by atoms with van der Waals surface area (Å²) >= 11 is 0. The van der Waals surface area contributed by atoms with E-state index in [1.807, 2.05) is 0 Å². The Bertz CT molecular complexity index is 232. The molecule has 13 heavy (non-hydrogen) atoms. The van der Waals surface area contributed by atoms with Crippen LogP contribution in [0.5, 0.6) is 0 Å². The first-order valence-electron chi connectivity index (χ1n) is 3.89. The first-order chi connectivity index (χ1) is 6.07. The van der Waals surface area contributed by atoms with Gasteiger partial charge in [0.15, 0.2) is 6.61 Å². The summed E-state index contributed by atoms with van der Waals surface area (Å²) in [4.78, 5) is 21.3. The average Bonchev–Trinajstić information content (AvgIpc) is 2.10. The number of amides is 1. The fourth-order valence-electron chi connectivity index (χ4n) is 0.662. The summed E-state index contributed by atoms with van der Waals surface area (Å²) in [5.41, 5.74) is 4.98. The SMILES string of the molecule is CC(CCC(=O)OCC#N)C(N)=O. The second kappa shape index (κ2) is 6.00. The summed E-state index contributed by atoms with van der Waals surface area (Å²) in [5, 5.41) is 8.08. The predicted octanol–water partition coefficient (Wildman–Crippen LogP) is -0.0452. The van der Waals surface area contributed by atoms with Crippen LogP contribution in [0.2, 0.25) is 0 Å². The van der Waals surface area contributed by atoms with E-state index in [4.69, 9.17) is 11.0 Å². The van der Waals surface area contributed by atoms with Crippen molar-refractivity contribution in [1.29, 1.82) is 5.26 Å². The molecule has 2 N–H and O–H groups in total. The third-order valence-electron chi connectivity index (χ3n) is 1.56. The lowest BCUT2D eigenvalue weighted by molar-refractivity contribution is -0.142. The molecule has 0 saturated carbocycles. The van der Waals surface area contributed by atoms with Crippen molar-refractivity contribution in [3.63, 3.8) is 0 Å². The lowest BCUT2D eigenvalue weighted by Crippen LogP contribution is -2.21. The maximum Gasteiger partial charge on any atom is 0.306 e. The number of carbonyl (C=O) groups is 2. The van der Waals surface area contributed by atoms with Gasteiger partial charge in [-0.15, -0.1) is 0 Å². The van der Waals surface area contributed by atoms with Crippen molar-refractivity contribution in [1.82, 2.24) is 0 Å². The third-order valence-corrected chi connectivity index (χ3v) is 1.56. The van der Waals surface area contributed by atoms with Gasteiger partial charge in [-0.25, -0.2) is 0 Å². The number of carbonyl (C=O) groups excluding carboxylic acids is 2. The largest absolute Gasteiger partial charge is 0.450 e. The zero-order valence-electron chi connectivity index (χ0n) is 7.45. The number of nitriles is 1. The van der Waals surface area contributed by atoms with Gasteiger partial charge in [0.05, 0.1) is 0 Å². The highest BCUT2D eigenvalue weighted by Crippen LogP contribution is 2.04. The van der Waals surface area contributed by atoms with Crippen LogP contribution in [0.15, 0.2) is 0 Å². The number of primary amides is 1. The maximum atomic E-state index is 10.8. The van der Waals surface area contributed by atoms with Gasteiger partial charge < -0.3 is 10.5 Å². The lowest BCUT2D eigenvalue weighted by Gasteiger charge is -2.05. The predicted molar refractivity (Wildman–Crippen MR) is 44.2 cm³/mol. The van der Waals surface area contributed by atoms with Crippen molar-refractivity contribution in [2.75, 3.05) is 6.61 Å². The molecular formula is C8H12N2O3. The lowest BCUT2D eigenvalue weighted by atomic mass is 10.1. The smallest absolute Gasteiger partial charge is 0.306 e. The van der Waals surface area contributed by atoms with E-state index in [0.717, 1.165) is 0 Å². The van der Waals surface area contributed by atoms with Crippen LogP contribution in [0.1, 0.15) is 19.8 Å². The Hall–Kier alpha value is -1.57. The highest BCUT2D eigenvalue weighted by atomic mass is 16.5. The zero-order chi connectivity index (χ0) is 10.3. The van der Waals surface area contributed by atoms with E-state index in [0.29, 0.717) is 6.42 Å². The second-order valence-corrected chi connectivity index (χ2v) is 2.66. The molecule has 0 aromatic carbocycles. The van der Waals surface area contributed by atoms with Crippen molar-refractivity contribution in [3.8, 4) is 6.07 Å². The van der Waals surface area contributed by atoms with Crippen LogP contribution in [0.25, 0.3) is 0 Å². The van der Waals surface area contributed by atoms with E-state index in [1.165, 1.54) is 0 Å². The van der Waals surface area contributed by atoms with Crippen molar-refractivity contribution in [2.45, 2.75) is 19.8 Å². The summed E-state index contributed by atoms with van der Waals surface area (Å²) in [6.45, 7) is 1.39. The molecule has 0 fully saturated rings. The molecule has 0 heterocycles. The summed E-state index contributed by atoms with van der Waals surface area (Å²) in [7, 11) is 0. The van der Waals surface area contributed by atoms with Gasteiger partial charge in [0.25, 0.3) is 0 Å². The van der Waals surface area contributed by atoms with Gasteiger partial charge in [0.1, 0.15) is 6.07 Å². The molecule has 0 aromatic heterocycles. The first-order valence-corrected chi connectivity index (χ1v) is 3.89. The van der Waals surface area contributed by atoms with E-state index in [2.05, 4.69) is 4.74 Å². The fraction of sp³-hybridized carbons (Fsp3) is 0.625. The van der Waals surface area contributed by atoms with Gasteiger partial charge in [-0.3, -0.25) is 9.59 Å². The van der Waals surface area contributed by atoms with Crippen LogP contribution >= 0.6 is 0 Å². The molecule has 0 saturated heterocycles. The maximum absolute atomic E-state index is 10.8. The van der Waals surface area contributed by atoms with Gasteiger partial charge in [-0.05, 0) is 6.42 Å². The molecule has 0 aliphatic heterocycles. The van der Waals surface area contributed by atoms with E-state index >= 15 is 0 Å². The van der Waals surface area contributed by atoms with E-state index in [1.54, 1.807) is 13.0 Å². The molecule has 0 radical (unpaired) electrons. The Morgan fingerprint density at radius 2 is 2.23 bits per heavy atom. The third kappa shape index (κ3) is 5.67. The normalized spacial score (nSPS) is 11.4. The number of esters is 1. The van der Waals surface area contributed by atoms with Crippen molar-refractivity contribution in [2.24, 2.45) is 11.7 Å². The number of nitrogens with two attached hydrogens (primary N) is 1. The van der Waals surface area contributed by atoms with Crippen molar-refractivity contribution in [3.05, 3.63) is 0 Å². The number of ether oxygens (including phenoxy) is 1. The van der Waals surface area contributed by atoms with E-state index in [9.17, 15) is 9.59 Å². The Labute approximate surface area is 76.5 Å². The van der Waals surface area contributed by atoms with Gasteiger partial charge in [-0.2, -0.15) is 5.26 Å². The fourth-order valence-corrected chi connectivity index (χ4v) is 0.662. The minimum atomic E-state index is -0.477. The molecule has 0 aromatic rings. The van der Waals surface area contributed by atoms with E-state index in [-0.39, 0.29) is 18.9 Å². The average molecular weight is 184 g/mol. The van der Waals surface area contributed by atoms with E-state index < -0.39 is 11.9 Å². The van der Waals surface area contributed by atoms with Crippen LogP contribution in [0, 0.1) is 17.2 Å². The number of rotatable bonds is 5. The second-order valence-electron chi connectivity index (χ2n) is 2.66. The molecule has 0 spiro atoms. The molecular weight excluding hydrogens is 172 g/mol. The Morgan fingerprint density at radius 3 is 2.69 bits per heavy atom. The quantitative estimate of drug-likeness (QED) is 0.606. The van der Waals surface area contributed by atoms with Crippen LogP contribution < -0.4 is 5.73 Å². The standard InChI is InChI=1S/C8H12N2O3/c1-6(8(10)12)2-3-7(11)13-5-4-9/h6H,2-3,5H2,1H3,(H2,10,12). The van der Waals surface area contributed by atoms with Crippen LogP contribution in [-0.4, -0.2) is 18.5 Å². The topological polar surface area (TPSA) is 93.2 Å². The number of nitrogens with zero attached hydrogens (tertiary/aromatic N) is 1. The first kappa shape index (κ1) is 11.4. The molecule has 1 atom stereocenters. The molecule has 1 unspecified atom stereocenters. The van der Waals surface area contributed by atoms with Crippen molar-refractivity contribution < 1.29 is 14.3 Å². The molecule has 0 aliphatic carbocycles. The summed E-state index contributed by atoms with van der Waals surface area (Å²) in [6.07, 6.45) is 0.478. The Balaban J connectivity index is 3.59. The van der Waals surface area contributed by atoms with Crippen LogP contribution in [0.4, 0.5) is 0 Å². The summed E-state index contributed by atoms with van der Waals surface area (Å²) in [5.74, 6) is -1.25. The Kier molecular flexibility index (Phi) is 5.28. The highest BCUT2D eigenvalue weighted by Gasteiger charge is 2.11. The van der Waals surface area contributed by atoms with Gasteiger partial charge >= 0.3 is 5.97 Å². The molecule has 0 aliphatic rings. The highest BCUT2D eigenvalue weighted by molar-refractivity contribution is 5.77. The molecule has 0 bridgehead atoms. The van der Waals surface area contributed by atoms with Gasteiger partial charge in [0, 0.05) is 12.3 Å². The monoisotopic (exact) mass is 184 g/mol. The van der Waals surface area contributed by atoms with Crippen LogP contribution in [0.3, 0.4) is 0 Å². The van der Waals surface area contributed by atoms with Crippen molar-refractivity contribution >= 4 is 11.9 Å². The van der Waals surface area contributed by atoms with Gasteiger partial charge in [-0.1, -0.05) is 6.92 Å². The van der Waals surface area contributed by atoms with Crippen LogP contribution in [-0.2, 0) is 14.3 Å². The molecule has 5 nitrogen and oxygen atoms in total. The number of hydrogen-bond acceptors (Lipinski definition) is 4. The Morgan fingerprint density at radius 1 is 1.62 bits per heavy atom. The minimum absolute atomic E-state index is 0.117. The van der Waals surface area contributed by atoms with Gasteiger partial charge in [0.2, 0.25) is 5.91 Å². The summed E-state index contributed by atoms with van der Waals surface area (Å²) in [6, 6.07) is 1.67. The molecule has 1 amide bonds. The molecule has 0 rings (SSSR count). The zero-order valence-corrected chi connectivity index (χ0v) is 7.45. The number of hydrogen-bond donors (Lipinski definition) is 1. The molecule has 72 valence electrons.